The molecule has 0 aliphatic heterocycles. The molecule has 0 heterocycles. The van der Waals surface area contributed by atoms with Crippen molar-refractivity contribution in [2.24, 2.45) is 0 Å². The third-order valence-corrected chi connectivity index (χ3v) is 10.8. The van der Waals surface area contributed by atoms with Crippen molar-refractivity contribution in [1.82, 2.24) is 0 Å². The molecule has 0 unspecified atom stereocenters. The molecule has 328 valence electrons. The first-order valence-electron chi connectivity index (χ1n) is 21.2. The van der Waals surface area contributed by atoms with Crippen LogP contribution in [0.1, 0.15) is 65.5 Å². The van der Waals surface area contributed by atoms with Crippen molar-refractivity contribution in [1.29, 1.82) is 10.5 Å². The maximum absolute atomic E-state index is 12.3. The summed E-state index contributed by atoms with van der Waals surface area (Å²) in [5.74, 6) is -2.82. The summed E-state index contributed by atoms with van der Waals surface area (Å²) >= 11 is 0. The van der Waals surface area contributed by atoms with E-state index >= 15 is 0 Å². The molecule has 1 fully saturated rings. The zero-order chi connectivity index (χ0) is 45.6. The van der Waals surface area contributed by atoms with Crippen LogP contribution in [0.3, 0.4) is 0 Å². The molecule has 0 saturated heterocycles. The molecule has 0 amide bonds. The maximum Gasteiger partial charge on any atom is 0.349 e. The molecule has 12 nitrogen and oxygen atoms in total. The van der Waals surface area contributed by atoms with Crippen molar-refractivity contribution >= 4 is 47.4 Å². The Labute approximate surface area is 374 Å². The van der Waals surface area contributed by atoms with Gasteiger partial charge in [0.2, 0.25) is 0 Å². The summed E-state index contributed by atoms with van der Waals surface area (Å²) in [7, 11) is 0. The van der Waals surface area contributed by atoms with Gasteiger partial charge in [-0.1, -0.05) is 105 Å². The summed E-state index contributed by atoms with van der Waals surface area (Å²) in [6, 6.07) is 36.7. The second-order valence-electron chi connectivity index (χ2n) is 15.0. The molecule has 0 radical (unpaired) electrons. The number of rotatable bonds is 22. The number of carbonyl (C=O) groups excluding carboxylic acids is 4. The van der Waals surface area contributed by atoms with Crippen LogP contribution in [-0.4, -0.2) is 63.4 Å². The van der Waals surface area contributed by atoms with Crippen molar-refractivity contribution < 1.29 is 38.1 Å². The minimum Gasteiger partial charge on any atom is -0.459 e. The maximum atomic E-state index is 12.3. The number of carbonyl (C=O) groups is 4. The van der Waals surface area contributed by atoms with Crippen molar-refractivity contribution in [3.8, 4) is 12.1 Å². The van der Waals surface area contributed by atoms with E-state index in [0.717, 1.165) is 62.3 Å². The van der Waals surface area contributed by atoms with E-state index in [2.05, 4.69) is 72.3 Å². The van der Waals surface area contributed by atoms with Gasteiger partial charge < -0.3 is 29.6 Å². The summed E-state index contributed by atoms with van der Waals surface area (Å²) in [6.45, 7) is 7.47. The Morgan fingerprint density at radius 3 is 1.28 bits per heavy atom. The molecule has 2 N–H and O–H groups in total. The van der Waals surface area contributed by atoms with Gasteiger partial charge in [-0.25, -0.2) is 19.2 Å². The van der Waals surface area contributed by atoms with Crippen LogP contribution < -0.4 is 10.6 Å². The molecule has 12 heteroatoms. The average Bonchev–Trinajstić information content (AvgIpc) is 3.33. The minimum absolute atomic E-state index is 0.0248. The molecule has 1 aliphatic rings. The van der Waals surface area contributed by atoms with Gasteiger partial charge in [-0.05, 0) is 95.5 Å². The lowest BCUT2D eigenvalue weighted by Gasteiger charge is -2.39. The highest BCUT2D eigenvalue weighted by Gasteiger charge is 2.35. The lowest BCUT2D eigenvalue weighted by atomic mass is 9.65. The number of esters is 4. The average molecular weight is 861 g/mol. The van der Waals surface area contributed by atoms with Crippen LogP contribution in [0.4, 0.5) is 11.4 Å². The van der Waals surface area contributed by atoms with E-state index in [0.29, 0.717) is 11.1 Å². The van der Waals surface area contributed by atoms with Crippen LogP contribution >= 0.6 is 0 Å². The van der Waals surface area contributed by atoms with Gasteiger partial charge in [-0.3, -0.25) is 0 Å². The number of anilines is 2. The number of nitrogens with zero attached hydrogens (tertiary/aromatic N) is 2. The molecule has 64 heavy (non-hydrogen) atoms. The second-order valence-corrected chi connectivity index (χ2v) is 15.0. The van der Waals surface area contributed by atoms with E-state index in [4.69, 9.17) is 18.9 Å². The number of nitriles is 2. The first-order chi connectivity index (χ1) is 31.2. The van der Waals surface area contributed by atoms with Gasteiger partial charge in [0.05, 0.1) is 0 Å². The number of nitrogens with one attached hydrogen (secondary N) is 2. The first kappa shape index (κ1) is 47.4. The Morgan fingerprint density at radius 1 is 0.547 bits per heavy atom. The van der Waals surface area contributed by atoms with E-state index in [9.17, 15) is 29.7 Å². The first-order valence-corrected chi connectivity index (χ1v) is 21.2. The molecule has 1 aliphatic carbocycles. The van der Waals surface area contributed by atoms with Crippen LogP contribution in [0.25, 0.3) is 12.2 Å². The van der Waals surface area contributed by atoms with Gasteiger partial charge in [-0.2, -0.15) is 10.5 Å². The fourth-order valence-electron chi connectivity index (χ4n) is 7.41. The number of benzene rings is 4. The molecule has 4 aromatic rings. The highest BCUT2D eigenvalue weighted by atomic mass is 16.6. The smallest absolute Gasteiger partial charge is 0.349 e. The highest BCUT2D eigenvalue weighted by Crippen LogP contribution is 2.45. The number of hydrogen-bond donors (Lipinski definition) is 2. The molecule has 0 aromatic heterocycles. The molecule has 5 rings (SSSR count). The molecule has 0 bridgehead atoms. The predicted octanol–water partition coefficient (Wildman–Crippen LogP) is 8.60. The SMILES string of the molecule is C=CC(=O)OCCOC(=O)C(C#N)=Cc1ccc(NCCc2ccc(C3(c4ccc(CCNc5ccc(C=C(C#N)C(=O)OCCOC(=O)C=C)cc5)cc4)CCCCC3)cc2)cc1. The van der Waals surface area contributed by atoms with Crippen LogP contribution in [0.15, 0.2) is 134 Å². The monoisotopic (exact) mass is 860 g/mol. The van der Waals surface area contributed by atoms with Crippen LogP contribution in [0.2, 0.25) is 0 Å². The van der Waals surface area contributed by atoms with Crippen LogP contribution in [0.5, 0.6) is 0 Å². The van der Waals surface area contributed by atoms with E-state index < -0.39 is 23.9 Å². The molecule has 1 saturated carbocycles. The van der Waals surface area contributed by atoms with Crippen molar-refractivity contribution in [3.05, 3.63) is 167 Å². The Kier molecular flexibility index (Phi) is 18.3. The summed E-state index contributed by atoms with van der Waals surface area (Å²) in [5, 5.41) is 25.8. The van der Waals surface area contributed by atoms with Crippen molar-refractivity contribution in [2.45, 2.75) is 50.4 Å². The largest absolute Gasteiger partial charge is 0.459 e. The molecule has 0 atom stereocenters. The van der Waals surface area contributed by atoms with E-state index in [-0.39, 0.29) is 43.0 Å². The Bertz CT molecular complexity index is 2220. The van der Waals surface area contributed by atoms with Crippen molar-refractivity contribution in [2.75, 3.05) is 50.2 Å². The number of hydrogen-bond acceptors (Lipinski definition) is 12. The Hall–Kier alpha value is -7.70. The summed E-state index contributed by atoms with van der Waals surface area (Å²) < 4.78 is 19.6. The quantitative estimate of drug-likeness (QED) is 0.0253. The number of ether oxygens (including phenoxy) is 4. The van der Waals surface area contributed by atoms with Gasteiger partial charge in [0.1, 0.15) is 49.7 Å². The van der Waals surface area contributed by atoms with Gasteiger partial charge in [0, 0.05) is 42.0 Å². The van der Waals surface area contributed by atoms with Crippen molar-refractivity contribution in [3.63, 3.8) is 0 Å². The van der Waals surface area contributed by atoms with Gasteiger partial charge >= 0.3 is 23.9 Å². The normalized spacial score (nSPS) is 13.2. The lowest BCUT2D eigenvalue weighted by molar-refractivity contribution is -0.146. The van der Waals surface area contributed by atoms with E-state index in [1.807, 2.05) is 60.7 Å². The molecular weight excluding hydrogens is 809 g/mol. The second kappa shape index (κ2) is 24.7. The van der Waals surface area contributed by atoms with E-state index in [1.165, 1.54) is 53.7 Å². The van der Waals surface area contributed by atoms with Gasteiger partial charge in [0.15, 0.2) is 0 Å². The fraction of sp³-hybridized carbons (Fsp3) is 0.269. The third kappa shape index (κ3) is 14.2. The lowest BCUT2D eigenvalue weighted by Crippen LogP contribution is -2.30. The van der Waals surface area contributed by atoms with Crippen LogP contribution in [0, 0.1) is 22.7 Å². The molecular formula is C52H52N4O8. The van der Waals surface area contributed by atoms with E-state index in [1.54, 1.807) is 0 Å². The third-order valence-electron chi connectivity index (χ3n) is 10.8. The molecule has 0 spiro atoms. The zero-order valence-electron chi connectivity index (χ0n) is 35.8. The minimum atomic E-state index is -0.793. The summed E-state index contributed by atoms with van der Waals surface area (Å²) in [4.78, 5) is 46.8. The topological polar surface area (TPSA) is 177 Å². The summed E-state index contributed by atoms with van der Waals surface area (Å²) in [6.07, 6.45) is 12.5. The fourth-order valence-corrected chi connectivity index (χ4v) is 7.41. The Morgan fingerprint density at radius 2 is 0.922 bits per heavy atom. The summed E-state index contributed by atoms with van der Waals surface area (Å²) in [5.41, 5.74) is 8.01. The van der Waals surface area contributed by atoms with Crippen LogP contribution in [-0.2, 0) is 56.4 Å². The highest BCUT2D eigenvalue weighted by molar-refractivity contribution is 5.98. The van der Waals surface area contributed by atoms with Gasteiger partial charge in [0.25, 0.3) is 0 Å². The molecule has 4 aromatic carbocycles. The Balaban J connectivity index is 1.09. The zero-order valence-corrected chi connectivity index (χ0v) is 35.8. The standard InChI is InChI=1S/C52H52N4O8/c1-3-48(57)61-30-32-63-50(59)42(36-53)34-40-12-20-46(21-13-40)55-28-24-38-8-16-44(17-9-38)52(26-6-5-7-27-52)45-18-10-39(11-19-45)25-29-56-47-22-14-41(15-23-47)35-43(37-54)51(60)64-33-31-62-49(58)4-2/h3-4,8-23,34-35,55-56H,1-2,5-7,24-33H2. The van der Waals surface area contributed by atoms with Gasteiger partial charge in [-0.15, -0.1) is 0 Å². The predicted molar refractivity (Wildman–Crippen MR) is 245 cm³/mol.